The molecule has 0 spiro atoms. The minimum absolute atomic E-state index is 0.120. The standard InChI is InChI=1S/C20H22N6O/c1-12(2)26-19-15(11-22-26)14(10-13(3)23-19)20(27)21-9-8-18-24-16-6-4-5-7-17(16)25-18/h4-7,10-12H,8-9H2,1-3H3,(H,21,27)(H,24,25). The Morgan fingerprint density at radius 1 is 1.26 bits per heavy atom. The first-order chi connectivity index (χ1) is 13.0. The number of rotatable bonds is 5. The quantitative estimate of drug-likeness (QED) is 0.571. The first-order valence-electron chi connectivity index (χ1n) is 9.09. The van der Waals surface area contributed by atoms with Crippen LogP contribution in [0.2, 0.25) is 0 Å². The van der Waals surface area contributed by atoms with Crippen molar-refractivity contribution in [2.45, 2.75) is 33.2 Å². The van der Waals surface area contributed by atoms with Crippen molar-refractivity contribution in [2.24, 2.45) is 0 Å². The van der Waals surface area contributed by atoms with Crippen LogP contribution in [-0.4, -0.2) is 37.2 Å². The van der Waals surface area contributed by atoms with Crippen LogP contribution in [0.4, 0.5) is 0 Å². The Balaban J connectivity index is 1.51. The number of nitrogens with one attached hydrogen (secondary N) is 2. The molecule has 0 saturated heterocycles. The molecule has 2 N–H and O–H groups in total. The number of carbonyl (C=O) groups is 1. The van der Waals surface area contributed by atoms with Crippen molar-refractivity contribution in [3.05, 3.63) is 53.6 Å². The van der Waals surface area contributed by atoms with Gasteiger partial charge in [0, 0.05) is 24.7 Å². The lowest BCUT2D eigenvalue weighted by Crippen LogP contribution is -2.26. The van der Waals surface area contributed by atoms with E-state index in [2.05, 4.69) is 25.4 Å². The number of aryl methyl sites for hydroxylation is 1. The van der Waals surface area contributed by atoms with Crippen LogP contribution < -0.4 is 5.32 Å². The van der Waals surface area contributed by atoms with E-state index in [-0.39, 0.29) is 11.9 Å². The molecule has 0 bridgehead atoms. The predicted octanol–water partition coefficient (Wildman–Crippen LogP) is 3.17. The molecule has 0 aliphatic rings. The summed E-state index contributed by atoms with van der Waals surface area (Å²) in [5, 5.41) is 8.15. The summed E-state index contributed by atoms with van der Waals surface area (Å²) >= 11 is 0. The lowest BCUT2D eigenvalue weighted by Gasteiger charge is -2.09. The van der Waals surface area contributed by atoms with E-state index in [0.29, 0.717) is 18.5 Å². The van der Waals surface area contributed by atoms with Crippen LogP contribution in [0.15, 0.2) is 36.5 Å². The summed E-state index contributed by atoms with van der Waals surface area (Å²) in [4.78, 5) is 25.1. The number of para-hydroxylation sites is 2. The van der Waals surface area contributed by atoms with Crippen molar-refractivity contribution >= 4 is 28.0 Å². The van der Waals surface area contributed by atoms with Gasteiger partial charge < -0.3 is 10.3 Å². The topological polar surface area (TPSA) is 88.5 Å². The highest BCUT2D eigenvalue weighted by atomic mass is 16.1. The second kappa shape index (κ2) is 6.83. The van der Waals surface area contributed by atoms with Crippen LogP contribution in [0, 0.1) is 6.92 Å². The molecular formula is C20H22N6O. The normalized spacial score (nSPS) is 11.6. The zero-order valence-corrected chi connectivity index (χ0v) is 15.7. The summed E-state index contributed by atoms with van der Waals surface area (Å²) in [6, 6.07) is 9.89. The fourth-order valence-corrected chi connectivity index (χ4v) is 3.22. The highest BCUT2D eigenvalue weighted by Crippen LogP contribution is 2.21. The van der Waals surface area contributed by atoms with Gasteiger partial charge in [0.1, 0.15) is 5.82 Å². The largest absolute Gasteiger partial charge is 0.352 e. The molecule has 4 aromatic rings. The molecule has 0 aliphatic carbocycles. The first kappa shape index (κ1) is 17.2. The van der Waals surface area contributed by atoms with Gasteiger partial charge in [0.15, 0.2) is 5.65 Å². The second-order valence-corrected chi connectivity index (χ2v) is 6.94. The van der Waals surface area contributed by atoms with Crippen LogP contribution in [0.5, 0.6) is 0 Å². The van der Waals surface area contributed by atoms with Crippen molar-refractivity contribution in [2.75, 3.05) is 6.54 Å². The number of amides is 1. The lowest BCUT2D eigenvalue weighted by molar-refractivity contribution is 0.0955. The molecule has 1 aromatic carbocycles. The van der Waals surface area contributed by atoms with E-state index in [1.54, 1.807) is 6.20 Å². The van der Waals surface area contributed by atoms with Gasteiger partial charge in [0.2, 0.25) is 0 Å². The molecule has 3 aromatic heterocycles. The van der Waals surface area contributed by atoms with Crippen molar-refractivity contribution in [1.82, 2.24) is 30.0 Å². The molecular weight excluding hydrogens is 340 g/mol. The zero-order chi connectivity index (χ0) is 19.0. The highest BCUT2D eigenvalue weighted by molar-refractivity contribution is 6.05. The molecule has 0 unspecified atom stereocenters. The van der Waals surface area contributed by atoms with Gasteiger partial charge in [0.25, 0.3) is 5.91 Å². The average Bonchev–Trinajstić information content (AvgIpc) is 3.24. The van der Waals surface area contributed by atoms with Gasteiger partial charge in [-0.25, -0.2) is 14.6 Å². The van der Waals surface area contributed by atoms with E-state index in [0.717, 1.165) is 33.6 Å². The maximum absolute atomic E-state index is 12.7. The number of H-pyrrole nitrogens is 1. The summed E-state index contributed by atoms with van der Waals surface area (Å²) in [5.74, 6) is 0.741. The number of fused-ring (bicyclic) bond motifs is 2. The third-order valence-corrected chi connectivity index (χ3v) is 4.51. The minimum Gasteiger partial charge on any atom is -0.352 e. The smallest absolute Gasteiger partial charge is 0.252 e. The van der Waals surface area contributed by atoms with E-state index < -0.39 is 0 Å². The number of benzene rings is 1. The molecule has 7 heteroatoms. The molecule has 7 nitrogen and oxygen atoms in total. The maximum atomic E-state index is 12.7. The van der Waals surface area contributed by atoms with E-state index >= 15 is 0 Å². The van der Waals surface area contributed by atoms with Gasteiger partial charge in [-0.15, -0.1) is 0 Å². The fraction of sp³-hybridized carbons (Fsp3) is 0.300. The number of hydrogen-bond acceptors (Lipinski definition) is 4. The number of nitrogens with zero attached hydrogens (tertiary/aromatic N) is 4. The molecule has 0 fully saturated rings. The Morgan fingerprint density at radius 2 is 2.07 bits per heavy atom. The molecule has 0 saturated carbocycles. The first-order valence-corrected chi connectivity index (χ1v) is 9.09. The number of hydrogen-bond donors (Lipinski definition) is 2. The Morgan fingerprint density at radius 3 is 2.85 bits per heavy atom. The Bertz CT molecular complexity index is 1090. The number of imidazole rings is 1. The van der Waals surface area contributed by atoms with Gasteiger partial charge in [-0.1, -0.05) is 12.1 Å². The number of aromatic nitrogens is 5. The van der Waals surface area contributed by atoms with E-state index in [1.807, 2.05) is 55.8 Å². The fourth-order valence-electron chi connectivity index (χ4n) is 3.22. The molecule has 27 heavy (non-hydrogen) atoms. The molecule has 138 valence electrons. The van der Waals surface area contributed by atoms with Gasteiger partial charge in [-0.05, 0) is 39.0 Å². The number of carbonyl (C=O) groups excluding carboxylic acids is 1. The number of aromatic amines is 1. The van der Waals surface area contributed by atoms with Gasteiger partial charge in [0.05, 0.1) is 28.2 Å². The minimum atomic E-state index is -0.120. The van der Waals surface area contributed by atoms with Crippen LogP contribution in [0.25, 0.3) is 22.1 Å². The Hall–Kier alpha value is -3.22. The van der Waals surface area contributed by atoms with E-state index in [9.17, 15) is 4.79 Å². The van der Waals surface area contributed by atoms with Gasteiger partial charge >= 0.3 is 0 Å². The highest BCUT2D eigenvalue weighted by Gasteiger charge is 2.16. The van der Waals surface area contributed by atoms with Crippen LogP contribution >= 0.6 is 0 Å². The SMILES string of the molecule is Cc1cc(C(=O)NCCc2nc3ccccc3[nH]2)c2cnn(C(C)C)c2n1. The molecule has 3 heterocycles. The summed E-state index contributed by atoms with van der Waals surface area (Å²) < 4.78 is 1.84. The van der Waals surface area contributed by atoms with Crippen molar-refractivity contribution < 1.29 is 4.79 Å². The summed E-state index contributed by atoms with van der Waals surface area (Å²) in [6.07, 6.45) is 2.36. The van der Waals surface area contributed by atoms with Crippen LogP contribution in [0.3, 0.4) is 0 Å². The van der Waals surface area contributed by atoms with Crippen LogP contribution in [-0.2, 0) is 6.42 Å². The van der Waals surface area contributed by atoms with Gasteiger partial charge in [-0.3, -0.25) is 4.79 Å². The Kier molecular flexibility index (Phi) is 4.35. The van der Waals surface area contributed by atoms with E-state index in [4.69, 9.17) is 0 Å². The molecule has 0 atom stereocenters. The average molecular weight is 362 g/mol. The van der Waals surface area contributed by atoms with Crippen molar-refractivity contribution in [3.8, 4) is 0 Å². The van der Waals surface area contributed by atoms with E-state index in [1.165, 1.54) is 0 Å². The Labute approximate surface area is 156 Å². The third-order valence-electron chi connectivity index (χ3n) is 4.51. The summed E-state index contributed by atoms with van der Waals surface area (Å²) in [5.41, 5.74) is 4.09. The monoisotopic (exact) mass is 362 g/mol. The summed E-state index contributed by atoms with van der Waals surface area (Å²) in [6.45, 7) is 6.48. The molecule has 0 aliphatic heterocycles. The maximum Gasteiger partial charge on any atom is 0.252 e. The zero-order valence-electron chi connectivity index (χ0n) is 15.7. The van der Waals surface area contributed by atoms with Gasteiger partial charge in [-0.2, -0.15) is 5.10 Å². The summed E-state index contributed by atoms with van der Waals surface area (Å²) in [7, 11) is 0. The van der Waals surface area contributed by atoms with Crippen molar-refractivity contribution in [1.29, 1.82) is 0 Å². The van der Waals surface area contributed by atoms with Crippen LogP contribution in [0.1, 0.15) is 41.8 Å². The number of pyridine rings is 1. The van der Waals surface area contributed by atoms with Crippen molar-refractivity contribution in [3.63, 3.8) is 0 Å². The predicted molar refractivity (Wildman–Crippen MR) is 105 cm³/mol. The molecule has 4 rings (SSSR count). The molecule has 1 amide bonds. The third kappa shape index (κ3) is 3.28. The molecule has 0 radical (unpaired) electrons. The lowest BCUT2D eigenvalue weighted by atomic mass is 10.1. The second-order valence-electron chi connectivity index (χ2n) is 6.94.